The summed E-state index contributed by atoms with van der Waals surface area (Å²) >= 11 is 0. The van der Waals surface area contributed by atoms with Crippen LogP contribution in [0.3, 0.4) is 0 Å². The monoisotopic (exact) mass is 462 g/mol. The fraction of sp³-hybridized carbons (Fsp3) is 0.654. The fourth-order valence-electron chi connectivity index (χ4n) is 4.71. The summed E-state index contributed by atoms with van der Waals surface area (Å²) in [5.41, 5.74) is 2.44. The van der Waals surface area contributed by atoms with E-state index < -0.39 is 8.80 Å². The molecule has 0 radical (unpaired) electrons. The zero-order valence-electron chi connectivity index (χ0n) is 20.4. The van der Waals surface area contributed by atoms with Gasteiger partial charge in [-0.1, -0.05) is 37.1 Å². The molecule has 0 aromatic heterocycles. The molecule has 1 fully saturated rings. The number of hydrogen-bond acceptors (Lipinski definition) is 5. The van der Waals surface area contributed by atoms with E-state index in [4.69, 9.17) is 13.3 Å². The van der Waals surface area contributed by atoms with Gasteiger partial charge in [-0.15, -0.1) is 0 Å². The van der Waals surface area contributed by atoms with Crippen LogP contribution in [0.15, 0.2) is 30.3 Å². The van der Waals surface area contributed by atoms with Gasteiger partial charge in [0.2, 0.25) is 0 Å². The van der Waals surface area contributed by atoms with Gasteiger partial charge in [0.1, 0.15) is 0 Å². The molecule has 0 heterocycles. The van der Waals surface area contributed by atoms with Gasteiger partial charge in [-0.25, -0.2) is 4.79 Å². The Hall–Kier alpha value is -1.47. The van der Waals surface area contributed by atoms with E-state index in [1.165, 1.54) is 57.3 Å². The van der Waals surface area contributed by atoms with E-state index in [9.17, 15) is 4.79 Å². The summed E-state index contributed by atoms with van der Waals surface area (Å²) < 4.78 is 22.6. The predicted octanol–water partition coefficient (Wildman–Crippen LogP) is 6.37. The van der Waals surface area contributed by atoms with Crippen molar-refractivity contribution < 1.29 is 22.8 Å². The number of unbranched alkanes of at least 4 members (excludes halogenated alkanes) is 1. The van der Waals surface area contributed by atoms with Crippen LogP contribution in [-0.2, 0) is 22.8 Å². The number of benzene rings is 1. The molecule has 0 amide bonds. The summed E-state index contributed by atoms with van der Waals surface area (Å²) in [6.45, 7) is 8.00. The van der Waals surface area contributed by atoms with E-state index in [1.54, 1.807) is 0 Å². The summed E-state index contributed by atoms with van der Waals surface area (Å²) in [4.78, 5) is 11.3. The van der Waals surface area contributed by atoms with Crippen LogP contribution in [0.1, 0.15) is 82.8 Å². The number of esters is 1. The van der Waals surface area contributed by atoms with Crippen molar-refractivity contribution in [3.05, 3.63) is 41.5 Å². The zero-order valence-corrected chi connectivity index (χ0v) is 21.4. The lowest BCUT2D eigenvalue weighted by Gasteiger charge is -2.30. The first-order chi connectivity index (χ1) is 15.6. The SMILES string of the molecule is CCO[Si](CCCC[C@H]1CC[C@H](c2cccc(C=CC(=O)OC)c2)CC1)(OCC)OCC. The lowest BCUT2D eigenvalue weighted by molar-refractivity contribution is -0.134. The Morgan fingerprint density at radius 3 is 2.25 bits per heavy atom. The standard InChI is InChI=1S/C26H42O5Si/c1-5-29-32(30-6-2,31-7-3)20-9-8-11-22-14-17-24(18-15-22)25-13-10-12-23(21-25)16-19-26(27)28-4/h10,12-13,16,19,21-22,24H,5-9,11,14-15,17-18,20H2,1-4H3/t22-,24-. The van der Waals surface area contributed by atoms with Gasteiger partial charge in [-0.3, -0.25) is 0 Å². The topological polar surface area (TPSA) is 54.0 Å². The molecule has 0 aliphatic heterocycles. The van der Waals surface area contributed by atoms with Crippen molar-refractivity contribution in [1.29, 1.82) is 0 Å². The van der Waals surface area contributed by atoms with Gasteiger partial charge in [0.15, 0.2) is 0 Å². The van der Waals surface area contributed by atoms with Gasteiger partial charge in [-0.2, -0.15) is 0 Å². The first-order valence-electron chi connectivity index (χ1n) is 12.3. The fourth-order valence-corrected chi connectivity index (χ4v) is 7.39. The molecule has 0 N–H and O–H groups in total. The molecular weight excluding hydrogens is 420 g/mol. The normalized spacial score (nSPS) is 19.4. The van der Waals surface area contributed by atoms with E-state index >= 15 is 0 Å². The average molecular weight is 463 g/mol. The van der Waals surface area contributed by atoms with Crippen LogP contribution < -0.4 is 0 Å². The first-order valence-corrected chi connectivity index (χ1v) is 14.3. The Bertz CT molecular complexity index is 680. The van der Waals surface area contributed by atoms with Gasteiger partial charge in [0.05, 0.1) is 7.11 Å². The quantitative estimate of drug-likeness (QED) is 0.139. The minimum Gasteiger partial charge on any atom is -0.466 e. The van der Waals surface area contributed by atoms with E-state index in [0.717, 1.165) is 23.9 Å². The zero-order chi connectivity index (χ0) is 23.2. The van der Waals surface area contributed by atoms with Crippen LogP contribution in [0.4, 0.5) is 0 Å². The molecule has 0 spiro atoms. The second-order valence-corrected chi connectivity index (χ2v) is 11.2. The second kappa shape index (κ2) is 14.6. The molecule has 1 aliphatic rings. The highest BCUT2D eigenvalue weighted by molar-refractivity contribution is 6.60. The number of rotatable bonds is 14. The molecule has 0 bridgehead atoms. The molecule has 180 valence electrons. The second-order valence-electron chi connectivity index (χ2n) is 8.47. The van der Waals surface area contributed by atoms with E-state index in [0.29, 0.717) is 25.7 Å². The molecule has 1 saturated carbocycles. The average Bonchev–Trinajstić information content (AvgIpc) is 2.81. The number of methoxy groups -OCH3 is 1. The van der Waals surface area contributed by atoms with Crippen molar-refractivity contribution in [2.75, 3.05) is 26.9 Å². The molecule has 1 aromatic carbocycles. The van der Waals surface area contributed by atoms with Crippen LogP contribution in [0.25, 0.3) is 6.08 Å². The third-order valence-corrected chi connectivity index (χ3v) is 9.43. The van der Waals surface area contributed by atoms with Crippen molar-refractivity contribution in [1.82, 2.24) is 0 Å². The molecule has 2 rings (SSSR count). The van der Waals surface area contributed by atoms with Crippen LogP contribution in [-0.4, -0.2) is 41.7 Å². The maximum atomic E-state index is 11.3. The molecular formula is C26H42O5Si. The Kier molecular flexibility index (Phi) is 12.2. The Balaban J connectivity index is 1.77. The summed E-state index contributed by atoms with van der Waals surface area (Å²) in [5, 5.41) is 0. The molecule has 0 atom stereocenters. The minimum atomic E-state index is -2.49. The molecule has 6 heteroatoms. The molecule has 32 heavy (non-hydrogen) atoms. The van der Waals surface area contributed by atoms with Crippen LogP contribution in [0, 0.1) is 5.92 Å². The van der Waals surface area contributed by atoms with Gasteiger partial charge in [0, 0.05) is 31.9 Å². The smallest absolute Gasteiger partial charge is 0.466 e. The Labute approximate surface area is 195 Å². The maximum Gasteiger partial charge on any atom is 0.500 e. The lowest BCUT2D eigenvalue weighted by Crippen LogP contribution is -2.45. The van der Waals surface area contributed by atoms with Crippen LogP contribution >= 0.6 is 0 Å². The highest BCUT2D eigenvalue weighted by Crippen LogP contribution is 2.38. The van der Waals surface area contributed by atoms with E-state index in [1.807, 2.05) is 32.9 Å². The number of carbonyl (C=O) groups excluding carboxylic acids is 1. The third-order valence-electron chi connectivity index (χ3n) is 6.28. The molecule has 5 nitrogen and oxygen atoms in total. The third kappa shape index (κ3) is 8.81. The van der Waals surface area contributed by atoms with Gasteiger partial charge >= 0.3 is 14.8 Å². The summed E-state index contributed by atoms with van der Waals surface area (Å²) in [6, 6.07) is 9.47. The predicted molar refractivity (Wildman–Crippen MR) is 131 cm³/mol. The van der Waals surface area contributed by atoms with E-state index in [-0.39, 0.29) is 5.97 Å². The van der Waals surface area contributed by atoms with Gasteiger partial charge in [-0.05, 0) is 81.9 Å². The number of hydrogen-bond donors (Lipinski definition) is 0. The molecule has 1 aromatic rings. The number of ether oxygens (including phenoxy) is 1. The number of carbonyl (C=O) groups is 1. The van der Waals surface area contributed by atoms with Crippen LogP contribution in [0.5, 0.6) is 0 Å². The summed E-state index contributed by atoms with van der Waals surface area (Å²) in [7, 11) is -1.09. The van der Waals surface area contributed by atoms with Crippen molar-refractivity contribution in [2.24, 2.45) is 5.92 Å². The summed E-state index contributed by atoms with van der Waals surface area (Å²) in [6.07, 6.45) is 12.0. The first kappa shape index (κ1) is 26.8. The largest absolute Gasteiger partial charge is 0.500 e. The maximum absolute atomic E-state index is 11.3. The van der Waals surface area contributed by atoms with Crippen molar-refractivity contribution in [3.8, 4) is 0 Å². The van der Waals surface area contributed by atoms with Crippen molar-refractivity contribution in [2.45, 2.75) is 77.7 Å². The highest BCUT2D eigenvalue weighted by atomic mass is 28.4. The molecule has 0 saturated heterocycles. The van der Waals surface area contributed by atoms with E-state index in [2.05, 4.69) is 22.9 Å². The Morgan fingerprint density at radius 1 is 1.00 bits per heavy atom. The lowest BCUT2D eigenvalue weighted by atomic mass is 9.77. The Morgan fingerprint density at radius 2 is 1.66 bits per heavy atom. The van der Waals surface area contributed by atoms with Gasteiger partial charge < -0.3 is 18.0 Å². The van der Waals surface area contributed by atoms with Crippen molar-refractivity contribution >= 4 is 20.8 Å². The summed E-state index contributed by atoms with van der Waals surface area (Å²) in [5.74, 6) is 1.11. The van der Waals surface area contributed by atoms with Crippen LogP contribution in [0.2, 0.25) is 6.04 Å². The van der Waals surface area contributed by atoms with Crippen molar-refractivity contribution in [3.63, 3.8) is 0 Å². The molecule has 0 unspecified atom stereocenters. The highest BCUT2D eigenvalue weighted by Gasteiger charge is 2.39. The minimum absolute atomic E-state index is 0.320. The molecule has 1 aliphatic carbocycles. The van der Waals surface area contributed by atoms with Gasteiger partial charge in [0.25, 0.3) is 0 Å².